The van der Waals surface area contributed by atoms with Crippen LogP contribution >= 0.6 is 11.6 Å². The van der Waals surface area contributed by atoms with Crippen LogP contribution in [0.2, 0.25) is 5.02 Å². The van der Waals surface area contributed by atoms with Gasteiger partial charge in [-0.1, -0.05) is 70.0 Å². The molecule has 2 heterocycles. The predicted octanol–water partition coefficient (Wildman–Crippen LogP) is 8.01. The molecule has 1 fully saturated rings. The highest BCUT2D eigenvalue weighted by atomic mass is 35.5. The number of hydrogen-bond acceptors (Lipinski definition) is 6. The van der Waals surface area contributed by atoms with Crippen molar-refractivity contribution in [3.8, 4) is 5.75 Å². The normalized spacial score (nSPS) is 27.7. The number of Topliss-reactive ketones (excluding diaryl/α,β-unsaturated/α-hetero) is 1. The lowest BCUT2D eigenvalue weighted by molar-refractivity contribution is -0.125. The van der Waals surface area contributed by atoms with Crippen LogP contribution in [0.1, 0.15) is 86.6 Å². The van der Waals surface area contributed by atoms with Crippen molar-refractivity contribution in [1.82, 2.24) is 0 Å². The van der Waals surface area contributed by atoms with Crippen LogP contribution in [0.25, 0.3) is 0 Å². The first-order valence-corrected chi connectivity index (χ1v) is 15.7. The summed E-state index contributed by atoms with van der Waals surface area (Å²) >= 11 is 6.64. The van der Waals surface area contributed by atoms with Crippen LogP contribution in [0.15, 0.2) is 35.9 Å². The lowest BCUT2D eigenvalue weighted by Crippen LogP contribution is -2.35. The van der Waals surface area contributed by atoms with E-state index in [0.29, 0.717) is 35.7 Å². The molecule has 244 valence electrons. The van der Waals surface area contributed by atoms with Gasteiger partial charge in [-0.05, 0) is 69.6 Å². The average Bonchev–Trinajstić information content (AvgIpc) is 3.64. The molecule has 7 nitrogen and oxygen atoms in total. The molecule has 4 atom stereocenters. The van der Waals surface area contributed by atoms with Crippen LogP contribution in [-0.2, 0) is 30.2 Å². The molecule has 8 heteroatoms. The van der Waals surface area contributed by atoms with Crippen LogP contribution in [0, 0.1) is 11.3 Å². The molecular formula is C35H56ClNO6. The van der Waals surface area contributed by atoms with Crippen LogP contribution in [0.5, 0.6) is 5.75 Å². The number of rotatable bonds is 4. The molecule has 1 saturated heterocycles. The Bertz CT molecular complexity index is 1110. The second-order valence-electron chi connectivity index (χ2n) is 12.4. The molecular weight excluding hydrogens is 566 g/mol. The molecule has 1 aromatic rings. The van der Waals surface area contributed by atoms with Gasteiger partial charge in [0.1, 0.15) is 17.4 Å². The summed E-state index contributed by atoms with van der Waals surface area (Å²) in [5.41, 5.74) is 2.41. The zero-order chi connectivity index (χ0) is 33.0. The molecule has 43 heavy (non-hydrogen) atoms. The van der Waals surface area contributed by atoms with Crippen molar-refractivity contribution < 1.29 is 28.5 Å². The number of nitrogens with zero attached hydrogens (tertiary/aromatic N) is 1. The van der Waals surface area contributed by atoms with Gasteiger partial charge in [-0.3, -0.25) is 9.59 Å². The second kappa shape index (κ2) is 17.9. The Morgan fingerprint density at radius 3 is 2.37 bits per heavy atom. The lowest BCUT2D eigenvalue weighted by Gasteiger charge is -2.32. The molecule has 1 aromatic carbocycles. The SMILES string of the molecule is CC.COC.COc1cc2cc(c1Cl)N(C)C(=O)CCC1(C)OC1[C@H](C)C(OCC(C)=O)CC(C)(C)C/C=C/C=C(\C)C2. The van der Waals surface area contributed by atoms with Crippen LogP contribution < -0.4 is 9.64 Å². The number of benzene rings is 1. The Balaban J connectivity index is 0.00000174. The Morgan fingerprint density at radius 2 is 1.79 bits per heavy atom. The smallest absolute Gasteiger partial charge is 0.226 e. The molecule has 0 spiro atoms. The molecule has 2 aliphatic heterocycles. The minimum absolute atomic E-state index is 0.0122. The first-order chi connectivity index (χ1) is 20.2. The van der Waals surface area contributed by atoms with Crippen molar-refractivity contribution >= 4 is 29.0 Å². The molecule has 2 aliphatic rings. The van der Waals surface area contributed by atoms with Gasteiger partial charge >= 0.3 is 0 Å². The summed E-state index contributed by atoms with van der Waals surface area (Å²) < 4.78 is 22.1. The summed E-state index contributed by atoms with van der Waals surface area (Å²) in [5.74, 6) is 0.610. The van der Waals surface area contributed by atoms with Gasteiger partial charge in [-0.15, -0.1) is 0 Å². The average molecular weight is 622 g/mol. The molecule has 3 rings (SSSR count). The van der Waals surface area contributed by atoms with Gasteiger partial charge in [0, 0.05) is 33.6 Å². The summed E-state index contributed by atoms with van der Waals surface area (Å²) in [6.45, 7) is 16.4. The minimum Gasteiger partial charge on any atom is -0.495 e. The predicted molar refractivity (Wildman–Crippen MR) is 177 cm³/mol. The third-order valence-electron chi connectivity index (χ3n) is 7.80. The highest BCUT2D eigenvalue weighted by Crippen LogP contribution is 2.48. The van der Waals surface area contributed by atoms with E-state index in [0.717, 1.165) is 18.4 Å². The number of ether oxygens (including phenoxy) is 4. The summed E-state index contributed by atoms with van der Waals surface area (Å²) in [6, 6.07) is 3.90. The first kappa shape index (κ1) is 38.8. The number of methoxy groups -OCH3 is 2. The zero-order valence-corrected chi connectivity index (χ0v) is 29.4. The van der Waals surface area contributed by atoms with Crippen molar-refractivity contribution in [2.75, 3.05) is 39.9 Å². The van der Waals surface area contributed by atoms with Crippen LogP contribution in [-0.4, -0.2) is 64.5 Å². The Morgan fingerprint density at radius 1 is 1.16 bits per heavy atom. The van der Waals surface area contributed by atoms with Crippen molar-refractivity contribution in [3.63, 3.8) is 0 Å². The van der Waals surface area contributed by atoms with Crippen molar-refractivity contribution in [3.05, 3.63) is 46.5 Å². The molecule has 0 N–H and O–H groups in total. The van der Waals surface area contributed by atoms with Gasteiger partial charge < -0.3 is 23.8 Å². The monoisotopic (exact) mass is 621 g/mol. The van der Waals surface area contributed by atoms with Gasteiger partial charge in [-0.2, -0.15) is 0 Å². The fourth-order valence-electron chi connectivity index (χ4n) is 5.36. The Labute approximate surface area is 265 Å². The summed E-state index contributed by atoms with van der Waals surface area (Å²) in [6.07, 6.45) is 9.56. The number of carbonyl (C=O) groups is 2. The van der Waals surface area contributed by atoms with Crippen molar-refractivity contribution in [2.24, 2.45) is 11.3 Å². The van der Waals surface area contributed by atoms with E-state index in [1.165, 1.54) is 5.57 Å². The highest BCUT2D eigenvalue weighted by molar-refractivity contribution is 6.35. The van der Waals surface area contributed by atoms with Gasteiger partial charge in [0.2, 0.25) is 5.91 Å². The van der Waals surface area contributed by atoms with E-state index in [1.54, 1.807) is 40.2 Å². The maximum Gasteiger partial charge on any atom is 0.226 e. The number of fused-ring (bicyclic) bond motifs is 3. The highest BCUT2D eigenvalue weighted by Gasteiger charge is 2.56. The fraction of sp³-hybridized carbons (Fsp3) is 0.657. The Hall–Kier alpha value is -2.19. The zero-order valence-electron chi connectivity index (χ0n) is 28.6. The Kier molecular flexibility index (Phi) is 16.2. The fourth-order valence-corrected chi connectivity index (χ4v) is 5.67. The van der Waals surface area contributed by atoms with Gasteiger partial charge in [-0.25, -0.2) is 0 Å². The van der Waals surface area contributed by atoms with E-state index >= 15 is 0 Å². The second-order valence-corrected chi connectivity index (χ2v) is 12.8. The van der Waals surface area contributed by atoms with E-state index in [-0.39, 0.29) is 41.8 Å². The van der Waals surface area contributed by atoms with Gasteiger partial charge in [0.25, 0.3) is 0 Å². The molecule has 2 bridgehead atoms. The molecule has 0 aliphatic carbocycles. The molecule has 0 aromatic heterocycles. The van der Waals surface area contributed by atoms with Crippen LogP contribution in [0.3, 0.4) is 0 Å². The molecule has 1 amide bonds. The number of ketones is 1. The summed E-state index contributed by atoms with van der Waals surface area (Å²) in [5, 5.41) is 0.424. The largest absolute Gasteiger partial charge is 0.495 e. The van der Waals surface area contributed by atoms with E-state index in [1.807, 2.05) is 26.0 Å². The maximum absolute atomic E-state index is 13.3. The van der Waals surface area contributed by atoms with E-state index in [9.17, 15) is 9.59 Å². The van der Waals surface area contributed by atoms with E-state index in [4.69, 9.17) is 25.8 Å². The number of hydrogen-bond donors (Lipinski definition) is 0. The van der Waals surface area contributed by atoms with Gasteiger partial charge in [0.15, 0.2) is 5.78 Å². The lowest BCUT2D eigenvalue weighted by atomic mass is 9.78. The quantitative estimate of drug-likeness (QED) is 0.317. The first-order valence-electron chi connectivity index (χ1n) is 15.3. The molecule has 3 unspecified atom stereocenters. The topological polar surface area (TPSA) is 77.6 Å². The maximum atomic E-state index is 13.3. The van der Waals surface area contributed by atoms with E-state index in [2.05, 4.69) is 57.6 Å². The molecule has 0 radical (unpaired) electrons. The molecule has 0 saturated carbocycles. The number of epoxide rings is 1. The van der Waals surface area contributed by atoms with Crippen molar-refractivity contribution in [2.45, 2.75) is 105 Å². The summed E-state index contributed by atoms with van der Waals surface area (Å²) in [7, 11) is 6.59. The summed E-state index contributed by atoms with van der Waals surface area (Å²) in [4.78, 5) is 26.6. The van der Waals surface area contributed by atoms with E-state index < -0.39 is 5.60 Å². The van der Waals surface area contributed by atoms with Crippen molar-refractivity contribution in [1.29, 1.82) is 0 Å². The minimum atomic E-state index is -0.412. The number of carbonyl (C=O) groups excluding carboxylic acids is 2. The number of halogens is 1. The number of amides is 1. The van der Waals surface area contributed by atoms with Gasteiger partial charge in [0.05, 0.1) is 30.6 Å². The number of anilines is 1. The third kappa shape index (κ3) is 12.0. The van der Waals surface area contributed by atoms with Crippen LogP contribution in [0.4, 0.5) is 5.69 Å². The third-order valence-corrected chi connectivity index (χ3v) is 8.18. The number of allylic oxidation sites excluding steroid dienone is 4. The standard InChI is InChI=1S/C31H44ClNO5.C2H6O.C2H6/c1-20-11-9-10-13-30(4,5)18-26(37-19-21(2)34)22(3)29-31(6,38-29)14-12-27(35)33(7)24-16-23(15-20)17-25(36-8)28(24)32;1-3-2;1-2/h9-11,16-17,22,26,29H,12-15,18-19H2,1-8H3;1-2H3;1-2H3/b10-9+,20-11+;;/t22-,26?,29?,31?;;/m1../s1.